The molecule has 1 aliphatic rings. The average molecular weight is 417 g/mol. The Kier molecular flexibility index (Phi) is 7.34. The quantitative estimate of drug-likeness (QED) is 0.459. The zero-order chi connectivity index (χ0) is 21.3. The van der Waals surface area contributed by atoms with Crippen LogP contribution in [0.4, 0.5) is 0 Å². The van der Waals surface area contributed by atoms with Gasteiger partial charge in [-0.25, -0.2) is 4.68 Å². The highest BCUT2D eigenvalue weighted by Gasteiger charge is 2.19. The number of benzene rings is 2. The summed E-state index contributed by atoms with van der Waals surface area (Å²) < 4.78 is 1.87. The highest BCUT2D eigenvalue weighted by atomic mass is 15.3. The Morgan fingerprint density at radius 1 is 1.00 bits per heavy atom. The molecule has 2 N–H and O–H groups in total. The number of rotatable bonds is 7. The fourth-order valence-electron chi connectivity index (χ4n) is 4.03. The van der Waals surface area contributed by atoms with Crippen LogP contribution in [0.25, 0.3) is 5.69 Å². The van der Waals surface area contributed by atoms with E-state index in [0.29, 0.717) is 6.04 Å². The second-order valence-electron chi connectivity index (χ2n) is 8.05. The van der Waals surface area contributed by atoms with Crippen LogP contribution in [0.5, 0.6) is 0 Å². The summed E-state index contributed by atoms with van der Waals surface area (Å²) in [6.07, 6.45) is 6.99. The molecule has 2 aromatic carbocycles. The molecule has 0 amide bonds. The highest BCUT2D eigenvalue weighted by Crippen LogP contribution is 2.14. The van der Waals surface area contributed by atoms with Gasteiger partial charge in [0.2, 0.25) is 0 Å². The Labute approximate surface area is 185 Å². The van der Waals surface area contributed by atoms with Crippen molar-refractivity contribution in [2.45, 2.75) is 31.8 Å². The molecule has 0 radical (unpaired) electrons. The molecule has 1 aromatic heterocycles. The number of likely N-dealkylation sites (tertiary alicyclic amines) is 1. The Bertz CT molecular complexity index is 926. The van der Waals surface area contributed by atoms with Crippen LogP contribution in [0.2, 0.25) is 0 Å². The minimum atomic E-state index is 0.478. The number of guanidine groups is 1. The Hall–Kier alpha value is -3.12. The van der Waals surface area contributed by atoms with E-state index in [1.54, 1.807) is 6.20 Å². The zero-order valence-corrected chi connectivity index (χ0v) is 18.2. The lowest BCUT2D eigenvalue weighted by molar-refractivity contribution is 0.198. The summed E-state index contributed by atoms with van der Waals surface area (Å²) in [7, 11) is 1.85. The van der Waals surface area contributed by atoms with E-state index < -0.39 is 0 Å². The van der Waals surface area contributed by atoms with E-state index in [4.69, 9.17) is 0 Å². The van der Waals surface area contributed by atoms with Crippen molar-refractivity contribution >= 4 is 5.96 Å². The second kappa shape index (κ2) is 10.8. The lowest BCUT2D eigenvalue weighted by atomic mass is 10.0. The Morgan fingerprint density at radius 3 is 2.45 bits per heavy atom. The minimum Gasteiger partial charge on any atom is -0.356 e. The molecule has 31 heavy (non-hydrogen) atoms. The van der Waals surface area contributed by atoms with Crippen molar-refractivity contribution in [1.82, 2.24) is 25.3 Å². The van der Waals surface area contributed by atoms with Crippen LogP contribution in [0.15, 0.2) is 78.0 Å². The maximum Gasteiger partial charge on any atom is 0.191 e. The molecule has 1 aliphatic heterocycles. The van der Waals surface area contributed by atoms with Crippen molar-refractivity contribution in [2.75, 3.05) is 26.7 Å². The molecule has 1 saturated heterocycles. The summed E-state index contributed by atoms with van der Waals surface area (Å²) in [5, 5.41) is 11.3. The molecule has 3 aromatic rings. The average Bonchev–Trinajstić information content (AvgIpc) is 3.36. The van der Waals surface area contributed by atoms with Gasteiger partial charge in [-0.15, -0.1) is 0 Å². The molecule has 0 unspecified atom stereocenters. The van der Waals surface area contributed by atoms with Crippen molar-refractivity contribution in [3.63, 3.8) is 0 Å². The predicted molar refractivity (Wildman–Crippen MR) is 127 cm³/mol. The lowest BCUT2D eigenvalue weighted by Crippen LogP contribution is -2.48. The lowest BCUT2D eigenvalue weighted by Gasteiger charge is -2.33. The van der Waals surface area contributed by atoms with Crippen LogP contribution >= 0.6 is 0 Å². The standard InChI is InChI=1S/C25H32N6/c1-26-25(27-16-12-21-8-10-24(11-9-21)31-17-5-15-28-31)29-23-13-18-30(19-14-23)20-22-6-3-2-4-7-22/h2-11,15,17,23H,12-14,16,18-20H2,1H3,(H2,26,27,29). The third-order valence-corrected chi connectivity index (χ3v) is 5.81. The van der Waals surface area contributed by atoms with Gasteiger partial charge < -0.3 is 10.6 Å². The normalized spacial score (nSPS) is 15.7. The number of aliphatic imine (C=N–C) groups is 1. The molecule has 0 bridgehead atoms. The van der Waals surface area contributed by atoms with Crippen LogP contribution in [0, 0.1) is 0 Å². The van der Waals surface area contributed by atoms with Crippen LogP contribution in [-0.2, 0) is 13.0 Å². The molecule has 1 fully saturated rings. The van der Waals surface area contributed by atoms with Crippen LogP contribution in [0.1, 0.15) is 24.0 Å². The van der Waals surface area contributed by atoms with Crippen molar-refractivity contribution < 1.29 is 0 Å². The van der Waals surface area contributed by atoms with E-state index >= 15 is 0 Å². The molecule has 0 saturated carbocycles. The number of hydrogen-bond donors (Lipinski definition) is 2. The minimum absolute atomic E-state index is 0.478. The smallest absolute Gasteiger partial charge is 0.191 e. The van der Waals surface area contributed by atoms with E-state index in [9.17, 15) is 0 Å². The summed E-state index contributed by atoms with van der Waals surface area (Å²) in [4.78, 5) is 6.96. The third-order valence-electron chi connectivity index (χ3n) is 5.81. The first-order chi connectivity index (χ1) is 15.3. The van der Waals surface area contributed by atoms with Gasteiger partial charge in [-0.2, -0.15) is 5.10 Å². The predicted octanol–water partition coefficient (Wildman–Crippen LogP) is 3.24. The molecular weight excluding hydrogens is 384 g/mol. The van der Waals surface area contributed by atoms with Crippen molar-refractivity contribution in [2.24, 2.45) is 4.99 Å². The van der Waals surface area contributed by atoms with Gasteiger partial charge in [0.25, 0.3) is 0 Å². The molecule has 0 atom stereocenters. The van der Waals surface area contributed by atoms with Gasteiger partial charge in [0.1, 0.15) is 0 Å². The topological polar surface area (TPSA) is 57.5 Å². The first-order valence-electron chi connectivity index (χ1n) is 11.1. The Morgan fingerprint density at radius 2 is 1.77 bits per heavy atom. The van der Waals surface area contributed by atoms with Gasteiger partial charge in [0, 0.05) is 51.7 Å². The number of aromatic nitrogens is 2. The summed E-state index contributed by atoms with van der Waals surface area (Å²) >= 11 is 0. The fraction of sp³-hybridized carbons (Fsp3) is 0.360. The largest absolute Gasteiger partial charge is 0.356 e. The monoisotopic (exact) mass is 416 g/mol. The van der Waals surface area contributed by atoms with Gasteiger partial charge in [0.05, 0.1) is 5.69 Å². The molecular formula is C25H32N6. The van der Waals surface area contributed by atoms with Gasteiger partial charge in [0.15, 0.2) is 5.96 Å². The molecule has 6 heteroatoms. The van der Waals surface area contributed by atoms with Crippen LogP contribution in [-0.4, -0.2) is 53.4 Å². The summed E-state index contributed by atoms with van der Waals surface area (Å²) in [6, 6.07) is 21.7. The Balaban J connectivity index is 1.17. The first kappa shape index (κ1) is 21.1. The molecule has 0 spiro atoms. The molecule has 6 nitrogen and oxygen atoms in total. The highest BCUT2D eigenvalue weighted by molar-refractivity contribution is 5.79. The van der Waals surface area contributed by atoms with E-state index in [1.807, 2.05) is 24.0 Å². The van der Waals surface area contributed by atoms with Gasteiger partial charge in [-0.3, -0.25) is 9.89 Å². The maximum absolute atomic E-state index is 4.42. The van der Waals surface area contributed by atoms with Crippen LogP contribution in [0.3, 0.4) is 0 Å². The number of nitrogens with zero attached hydrogens (tertiary/aromatic N) is 4. The number of nitrogens with one attached hydrogen (secondary N) is 2. The summed E-state index contributed by atoms with van der Waals surface area (Å²) in [5.41, 5.74) is 3.77. The van der Waals surface area contributed by atoms with Crippen molar-refractivity contribution in [3.8, 4) is 5.69 Å². The molecule has 4 rings (SSSR count). The van der Waals surface area contributed by atoms with E-state index in [-0.39, 0.29) is 0 Å². The number of hydrogen-bond acceptors (Lipinski definition) is 3. The van der Waals surface area contributed by atoms with Crippen molar-refractivity contribution in [3.05, 3.63) is 84.2 Å². The molecule has 0 aliphatic carbocycles. The van der Waals surface area contributed by atoms with Crippen molar-refractivity contribution in [1.29, 1.82) is 0 Å². The maximum atomic E-state index is 4.42. The second-order valence-corrected chi connectivity index (χ2v) is 8.05. The van der Waals surface area contributed by atoms with E-state index in [0.717, 1.165) is 57.1 Å². The summed E-state index contributed by atoms with van der Waals surface area (Å²) in [6.45, 7) is 4.13. The SMILES string of the molecule is CN=C(NCCc1ccc(-n2cccn2)cc1)NC1CCN(Cc2ccccc2)CC1. The van der Waals surface area contributed by atoms with Gasteiger partial charge >= 0.3 is 0 Å². The number of piperidine rings is 1. The molecule has 162 valence electrons. The first-order valence-corrected chi connectivity index (χ1v) is 11.1. The van der Waals surface area contributed by atoms with Gasteiger partial charge in [-0.05, 0) is 48.6 Å². The fourth-order valence-corrected chi connectivity index (χ4v) is 4.03. The third kappa shape index (κ3) is 6.18. The van der Waals surface area contributed by atoms with Gasteiger partial charge in [-0.1, -0.05) is 42.5 Å². The summed E-state index contributed by atoms with van der Waals surface area (Å²) in [5.74, 6) is 0.898. The molecule has 2 heterocycles. The van der Waals surface area contributed by atoms with E-state index in [2.05, 4.69) is 80.2 Å². The van der Waals surface area contributed by atoms with E-state index in [1.165, 1.54) is 11.1 Å². The zero-order valence-electron chi connectivity index (χ0n) is 18.2. The van der Waals surface area contributed by atoms with Crippen LogP contribution < -0.4 is 10.6 Å².